The third-order valence-corrected chi connectivity index (χ3v) is 6.00. The lowest BCUT2D eigenvalue weighted by Gasteiger charge is -2.21. The van der Waals surface area contributed by atoms with E-state index in [0.29, 0.717) is 41.0 Å². The molecule has 1 fully saturated rings. The number of carbonyl (C=O) groups is 1. The molecule has 9 heteroatoms. The van der Waals surface area contributed by atoms with E-state index in [1.807, 2.05) is 0 Å². The van der Waals surface area contributed by atoms with Crippen LogP contribution in [-0.4, -0.2) is 39.6 Å². The SMILES string of the molecule is COc1ccc(C(=O)Nc2ccc(-c3noc(C4CCCN4Cc4ccc(F)cc4)n3)cn2)cc1. The monoisotopic (exact) mass is 473 g/mol. The van der Waals surface area contributed by atoms with Gasteiger partial charge in [-0.2, -0.15) is 4.98 Å². The Morgan fingerprint density at radius 3 is 2.66 bits per heavy atom. The predicted molar refractivity (Wildman–Crippen MR) is 127 cm³/mol. The average molecular weight is 474 g/mol. The fraction of sp³-hybridized carbons (Fsp3) is 0.231. The second-order valence-corrected chi connectivity index (χ2v) is 8.33. The summed E-state index contributed by atoms with van der Waals surface area (Å²) >= 11 is 0. The van der Waals surface area contributed by atoms with Crippen LogP contribution in [-0.2, 0) is 6.54 Å². The first-order valence-corrected chi connectivity index (χ1v) is 11.3. The first-order valence-electron chi connectivity index (χ1n) is 11.3. The summed E-state index contributed by atoms with van der Waals surface area (Å²) in [6.45, 7) is 1.59. The fourth-order valence-electron chi connectivity index (χ4n) is 4.14. The van der Waals surface area contributed by atoms with Gasteiger partial charge in [-0.05, 0) is 73.5 Å². The Morgan fingerprint density at radius 2 is 1.94 bits per heavy atom. The van der Waals surface area contributed by atoms with Gasteiger partial charge in [0.15, 0.2) is 0 Å². The van der Waals surface area contributed by atoms with E-state index < -0.39 is 0 Å². The Balaban J connectivity index is 1.24. The Morgan fingerprint density at radius 1 is 1.14 bits per heavy atom. The number of likely N-dealkylation sites (tertiary alicyclic amines) is 1. The zero-order valence-corrected chi connectivity index (χ0v) is 19.1. The number of nitrogens with zero attached hydrogens (tertiary/aromatic N) is 4. The molecule has 1 amide bonds. The summed E-state index contributed by atoms with van der Waals surface area (Å²) in [5.74, 6) is 1.58. The van der Waals surface area contributed by atoms with Crippen molar-refractivity contribution in [2.75, 3.05) is 19.0 Å². The highest BCUT2D eigenvalue weighted by molar-refractivity contribution is 6.03. The van der Waals surface area contributed by atoms with Gasteiger partial charge < -0.3 is 14.6 Å². The number of amides is 1. The summed E-state index contributed by atoms with van der Waals surface area (Å²) in [5, 5.41) is 6.91. The van der Waals surface area contributed by atoms with Gasteiger partial charge in [-0.15, -0.1) is 0 Å². The third kappa shape index (κ3) is 5.20. The van der Waals surface area contributed by atoms with E-state index >= 15 is 0 Å². The molecule has 1 aliphatic heterocycles. The number of methoxy groups -OCH3 is 1. The number of hydrogen-bond acceptors (Lipinski definition) is 7. The summed E-state index contributed by atoms with van der Waals surface area (Å²) in [5.41, 5.74) is 2.22. The number of hydrogen-bond donors (Lipinski definition) is 1. The highest BCUT2D eigenvalue weighted by Gasteiger charge is 2.30. The molecule has 0 saturated carbocycles. The predicted octanol–water partition coefficient (Wildman–Crippen LogP) is 4.87. The van der Waals surface area contributed by atoms with Gasteiger partial charge in [0.1, 0.15) is 17.4 Å². The number of anilines is 1. The second kappa shape index (κ2) is 10.0. The van der Waals surface area contributed by atoms with E-state index in [-0.39, 0.29) is 17.8 Å². The molecule has 1 N–H and O–H groups in total. The summed E-state index contributed by atoms with van der Waals surface area (Å²) in [4.78, 5) is 23.6. The van der Waals surface area contributed by atoms with Crippen molar-refractivity contribution in [1.82, 2.24) is 20.0 Å². The minimum atomic E-state index is -0.266. The standard InChI is InChI=1S/C26H24FN5O3/c1-34-21-11-6-18(7-12-21)25(33)29-23-13-8-19(15-28-23)24-30-26(35-31-24)22-3-2-14-32(22)16-17-4-9-20(27)10-5-17/h4-13,15,22H,2-3,14,16H2,1H3,(H,28,29,33). The lowest BCUT2D eigenvalue weighted by Crippen LogP contribution is -2.23. The topological polar surface area (TPSA) is 93.4 Å². The Kier molecular flexibility index (Phi) is 6.49. The molecule has 178 valence electrons. The molecule has 1 saturated heterocycles. The van der Waals surface area contributed by atoms with Crippen molar-refractivity contribution < 1.29 is 18.4 Å². The van der Waals surface area contributed by atoms with Gasteiger partial charge in [-0.1, -0.05) is 17.3 Å². The second-order valence-electron chi connectivity index (χ2n) is 8.33. The molecular formula is C26H24FN5O3. The zero-order chi connectivity index (χ0) is 24.2. The average Bonchev–Trinajstić information content (AvgIpc) is 3.56. The van der Waals surface area contributed by atoms with E-state index in [2.05, 4.69) is 25.3 Å². The van der Waals surface area contributed by atoms with Crippen molar-refractivity contribution >= 4 is 11.7 Å². The van der Waals surface area contributed by atoms with E-state index in [4.69, 9.17) is 9.26 Å². The van der Waals surface area contributed by atoms with Gasteiger partial charge in [-0.25, -0.2) is 9.37 Å². The molecule has 5 rings (SSSR count). The maximum atomic E-state index is 13.2. The van der Waals surface area contributed by atoms with Crippen LogP contribution in [0.3, 0.4) is 0 Å². The van der Waals surface area contributed by atoms with Crippen LogP contribution in [0.5, 0.6) is 5.75 Å². The normalized spacial score (nSPS) is 15.8. The van der Waals surface area contributed by atoms with E-state index in [0.717, 1.165) is 24.9 Å². The lowest BCUT2D eigenvalue weighted by molar-refractivity contribution is 0.102. The van der Waals surface area contributed by atoms with Crippen molar-refractivity contribution in [3.63, 3.8) is 0 Å². The largest absolute Gasteiger partial charge is 0.497 e. The maximum Gasteiger partial charge on any atom is 0.256 e. The van der Waals surface area contributed by atoms with Crippen molar-refractivity contribution in [1.29, 1.82) is 0 Å². The van der Waals surface area contributed by atoms with Crippen LogP contribution in [0.15, 0.2) is 71.4 Å². The Hall–Kier alpha value is -4.11. The number of halogens is 1. The Bertz CT molecular complexity index is 1290. The third-order valence-electron chi connectivity index (χ3n) is 6.00. The summed E-state index contributed by atoms with van der Waals surface area (Å²) in [7, 11) is 1.57. The molecule has 0 spiro atoms. The van der Waals surface area contributed by atoms with Crippen molar-refractivity contribution in [3.05, 3.63) is 89.7 Å². The molecule has 4 aromatic rings. The smallest absolute Gasteiger partial charge is 0.256 e. The molecule has 2 aromatic carbocycles. The van der Waals surface area contributed by atoms with Crippen LogP contribution in [0, 0.1) is 5.82 Å². The fourth-order valence-corrected chi connectivity index (χ4v) is 4.14. The highest BCUT2D eigenvalue weighted by Crippen LogP contribution is 2.33. The zero-order valence-electron chi connectivity index (χ0n) is 19.1. The van der Waals surface area contributed by atoms with Crippen LogP contribution in [0.1, 0.15) is 40.7 Å². The molecule has 2 aromatic heterocycles. The first-order chi connectivity index (χ1) is 17.1. The Labute approximate surface area is 201 Å². The van der Waals surface area contributed by atoms with Crippen molar-refractivity contribution in [3.8, 4) is 17.1 Å². The summed E-state index contributed by atoms with van der Waals surface area (Å²) < 4.78 is 23.9. The van der Waals surface area contributed by atoms with Crippen LogP contribution in [0.25, 0.3) is 11.4 Å². The summed E-state index contributed by atoms with van der Waals surface area (Å²) in [6.07, 6.45) is 3.54. The molecule has 1 atom stereocenters. The molecule has 35 heavy (non-hydrogen) atoms. The molecule has 8 nitrogen and oxygen atoms in total. The van der Waals surface area contributed by atoms with Gasteiger partial charge >= 0.3 is 0 Å². The van der Waals surface area contributed by atoms with Crippen LogP contribution >= 0.6 is 0 Å². The molecule has 3 heterocycles. The van der Waals surface area contributed by atoms with Gasteiger partial charge in [0.05, 0.1) is 13.2 Å². The van der Waals surface area contributed by atoms with Crippen LogP contribution in [0.4, 0.5) is 10.2 Å². The van der Waals surface area contributed by atoms with E-state index in [1.165, 1.54) is 12.1 Å². The summed E-state index contributed by atoms with van der Waals surface area (Å²) in [6, 6.07) is 16.9. The molecule has 1 aliphatic rings. The number of nitrogens with one attached hydrogen (secondary N) is 1. The van der Waals surface area contributed by atoms with Crippen molar-refractivity contribution in [2.45, 2.75) is 25.4 Å². The van der Waals surface area contributed by atoms with Gasteiger partial charge in [0, 0.05) is 23.9 Å². The van der Waals surface area contributed by atoms with Crippen LogP contribution in [0.2, 0.25) is 0 Å². The molecule has 0 aliphatic carbocycles. The van der Waals surface area contributed by atoms with E-state index in [9.17, 15) is 9.18 Å². The van der Waals surface area contributed by atoms with Gasteiger partial charge in [0.2, 0.25) is 11.7 Å². The molecule has 0 radical (unpaired) electrons. The number of benzene rings is 2. The first kappa shape index (κ1) is 22.7. The number of aromatic nitrogens is 3. The minimum Gasteiger partial charge on any atom is -0.497 e. The van der Waals surface area contributed by atoms with E-state index in [1.54, 1.807) is 61.8 Å². The van der Waals surface area contributed by atoms with Gasteiger partial charge in [-0.3, -0.25) is 9.69 Å². The highest BCUT2D eigenvalue weighted by atomic mass is 19.1. The lowest BCUT2D eigenvalue weighted by atomic mass is 10.1. The van der Waals surface area contributed by atoms with Crippen molar-refractivity contribution in [2.24, 2.45) is 0 Å². The van der Waals surface area contributed by atoms with Crippen LogP contribution < -0.4 is 10.1 Å². The van der Waals surface area contributed by atoms with Gasteiger partial charge in [0.25, 0.3) is 5.91 Å². The molecule has 1 unspecified atom stereocenters. The maximum absolute atomic E-state index is 13.2. The number of rotatable bonds is 7. The molecule has 0 bridgehead atoms. The minimum absolute atomic E-state index is 0.0114. The number of ether oxygens (including phenoxy) is 1. The number of pyridine rings is 1. The molecular weight excluding hydrogens is 449 g/mol. The number of carbonyl (C=O) groups excluding carboxylic acids is 1. The quantitative estimate of drug-likeness (QED) is 0.409.